The molecule has 12 nitrogen and oxygen atoms in total. The summed E-state index contributed by atoms with van der Waals surface area (Å²) < 4.78 is 4.85. The first-order chi connectivity index (χ1) is 17.2. The van der Waals surface area contributed by atoms with E-state index in [0.717, 1.165) is 21.8 Å². The molecule has 14 heteroatoms. The fraction of sp³-hybridized carbons (Fsp3) is 0.0909. The number of rotatable bonds is 7. The molecule has 0 saturated carbocycles. The lowest BCUT2D eigenvalue weighted by atomic mass is 10.2. The van der Waals surface area contributed by atoms with Gasteiger partial charge in [0.05, 0.1) is 26.2 Å². The van der Waals surface area contributed by atoms with Crippen molar-refractivity contribution < 1.29 is 29.3 Å². The number of carbonyl (C=O) groups is 2. The maximum absolute atomic E-state index is 11.5. The average Bonchev–Trinajstić information content (AvgIpc) is 3.56. The smallest absolute Gasteiger partial charge is 0.367 e. The summed E-state index contributed by atoms with van der Waals surface area (Å²) in [5.41, 5.74) is 1.51. The van der Waals surface area contributed by atoms with Gasteiger partial charge in [0, 0.05) is 36.7 Å². The molecule has 4 aromatic rings. The number of nitro groups is 2. The summed E-state index contributed by atoms with van der Waals surface area (Å²) in [5, 5.41) is 30.0. The maximum Gasteiger partial charge on any atom is 0.367 e. The predicted molar refractivity (Wildman–Crippen MR) is 131 cm³/mol. The van der Waals surface area contributed by atoms with Crippen LogP contribution in [0.25, 0.3) is 20.9 Å². The topological polar surface area (TPSA) is 176 Å². The van der Waals surface area contributed by atoms with Crippen molar-refractivity contribution in [1.29, 1.82) is 0 Å². The quantitative estimate of drug-likeness (QED) is 0.188. The van der Waals surface area contributed by atoms with Crippen molar-refractivity contribution in [3.63, 3.8) is 0 Å². The first-order valence-electron chi connectivity index (χ1n) is 10.0. The lowest BCUT2D eigenvalue weighted by Gasteiger charge is -1.97. The Hall–Kier alpha value is -4.56. The van der Waals surface area contributed by atoms with Crippen LogP contribution >= 0.6 is 22.7 Å². The lowest BCUT2D eigenvalue weighted by molar-refractivity contribution is -0.385. The van der Waals surface area contributed by atoms with Gasteiger partial charge in [0.15, 0.2) is 0 Å². The highest BCUT2D eigenvalue weighted by molar-refractivity contribution is 7.17. The number of benzene rings is 2. The Morgan fingerprint density at radius 3 is 1.61 bits per heavy atom. The van der Waals surface area contributed by atoms with Crippen LogP contribution in [0, 0.1) is 20.2 Å². The lowest BCUT2D eigenvalue weighted by Crippen LogP contribution is -2.03. The molecule has 0 fully saturated rings. The van der Waals surface area contributed by atoms with Crippen molar-refractivity contribution in [2.45, 2.75) is 6.92 Å². The number of hydrogen-bond donors (Lipinski definition) is 1. The second-order valence-electron chi connectivity index (χ2n) is 6.69. The molecule has 1 N–H and O–H groups in total. The number of carboxylic acids is 1. The zero-order chi connectivity index (χ0) is 26.2. The zero-order valence-corrected chi connectivity index (χ0v) is 20.0. The Bertz CT molecular complexity index is 1400. The highest BCUT2D eigenvalue weighted by Crippen LogP contribution is 2.29. The Balaban J connectivity index is 0.000000202. The fourth-order valence-corrected chi connectivity index (χ4v) is 4.27. The summed E-state index contributed by atoms with van der Waals surface area (Å²) in [4.78, 5) is 51.3. The number of thiazole rings is 2. The summed E-state index contributed by atoms with van der Waals surface area (Å²) in [6.07, 6.45) is 2.99. The van der Waals surface area contributed by atoms with E-state index in [1.54, 1.807) is 37.4 Å². The van der Waals surface area contributed by atoms with E-state index in [2.05, 4.69) is 9.97 Å². The van der Waals surface area contributed by atoms with Crippen LogP contribution in [0.5, 0.6) is 0 Å². The standard InChI is InChI=1S/C12H10N2O4S.C10H6N2O4S/c1-2-18-12(15)11-13-7-10(19-11)8-3-5-9(6-4-8)14(16)17;13-10(14)9-11-5-8(17-9)6-1-3-7(4-2-6)12(15)16/h3-7H,2H2,1H3;1-5H,(H,13,14). The van der Waals surface area contributed by atoms with Crippen molar-refractivity contribution in [1.82, 2.24) is 9.97 Å². The van der Waals surface area contributed by atoms with Gasteiger partial charge in [-0.3, -0.25) is 20.2 Å². The Morgan fingerprint density at radius 1 is 0.833 bits per heavy atom. The van der Waals surface area contributed by atoms with Crippen molar-refractivity contribution in [3.05, 3.63) is 91.2 Å². The number of non-ortho nitro benzene ring substituents is 2. The van der Waals surface area contributed by atoms with Gasteiger partial charge in [-0.25, -0.2) is 19.6 Å². The van der Waals surface area contributed by atoms with Crippen molar-refractivity contribution in [3.8, 4) is 20.9 Å². The average molecular weight is 529 g/mol. The normalized spacial score (nSPS) is 10.1. The summed E-state index contributed by atoms with van der Waals surface area (Å²) in [6.45, 7) is 2.02. The van der Waals surface area contributed by atoms with Crippen LogP contribution in [0.15, 0.2) is 60.9 Å². The Labute approximate surface area is 210 Å². The molecule has 0 aliphatic carbocycles. The third-order valence-electron chi connectivity index (χ3n) is 4.37. The van der Waals surface area contributed by atoms with Gasteiger partial charge in [-0.15, -0.1) is 22.7 Å². The molecule has 0 aliphatic rings. The molecule has 0 bridgehead atoms. The van der Waals surface area contributed by atoms with E-state index in [9.17, 15) is 29.8 Å². The van der Waals surface area contributed by atoms with Gasteiger partial charge < -0.3 is 9.84 Å². The number of carboxylic acid groups (broad SMARTS) is 1. The predicted octanol–water partition coefficient (Wildman–Crippen LogP) is 5.31. The highest BCUT2D eigenvalue weighted by atomic mass is 32.1. The van der Waals surface area contributed by atoms with Crippen molar-refractivity contribution in [2.24, 2.45) is 0 Å². The molecule has 2 heterocycles. The molecule has 0 aliphatic heterocycles. The molecular weight excluding hydrogens is 512 g/mol. The minimum Gasteiger partial charge on any atom is -0.476 e. The molecule has 0 unspecified atom stereocenters. The molecule has 0 saturated heterocycles. The van der Waals surface area contributed by atoms with Crippen LogP contribution in [0.4, 0.5) is 11.4 Å². The monoisotopic (exact) mass is 528 g/mol. The summed E-state index contributed by atoms with van der Waals surface area (Å²) in [5.74, 6) is -1.54. The number of nitro benzene ring substituents is 2. The number of nitrogens with zero attached hydrogens (tertiary/aromatic N) is 4. The molecule has 4 rings (SSSR count). The number of esters is 1. The molecule has 0 radical (unpaired) electrons. The Kier molecular flexibility index (Phi) is 8.48. The number of hydrogen-bond acceptors (Lipinski definition) is 11. The van der Waals surface area contributed by atoms with Gasteiger partial charge in [-0.1, -0.05) is 0 Å². The third kappa shape index (κ3) is 6.52. The van der Waals surface area contributed by atoms with E-state index < -0.39 is 21.8 Å². The van der Waals surface area contributed by atoms with E-state index in [-0.39, 0.29) is 21.4 Å². The zero-order valence-electron chi connectivity index (χ0n) is 18.4. The second kappa shape index (κ2) is 11.7. The summed E-state index contributed by atoms with van der Waals surface area (Å²) in [6, 6.07) is 12.0. The van der Waals surface area contributed by atoms with E-state index in [4.69, 9.17) is 9.84 Å². The fourth-order valence-electron chi connectivity index (χ4n) is 2.70. The van der Waals surface area contributed by atoms with Crippen molar-refractivity contribution >= 4 is 46.0 Å². The van der Waals surface area contributed by atoms with Gasteiger partial charge in [0.25, 0.3) is 11.4 Å². The number of carbonyl (C=O) groups excluding carboxylic acids is 1. The van der Waals surface area contributed by atoms with Gasteiger partial charge >= 0.3 is 11.9 Å². The van der Waals surface area contributed by atoms with E-state index >= 15 is 0 Å². The summed E-state index contributed by atoms with van der Waals surface area (Å²) >= 11 is 2.22. The molecule has 2 aromatic heterocycles. The molecule has 0 atom stereocenters. The molecule has 184 valence electrons. The number of ether oxygens (including phenoxy) is 1. The molecule has 36 heavy (non-hydrogen) atoms. The minimum atomic E-state index is -1.08. The first-order valence-corrected chi connectivity index (χ1v) is 11.6. The molecule has 0 spiro atoms. The number of aromatic carboxylic acids is 1. The largest absolute Gasteiger partial charge is 0.476 e. The Morgan fingerprint density at radius 2 is 1.25 bits per heavy atom. The number of aromatic nitrogens is 2. The third-order valence-corrected chi connectivity index (χ3v) is 6.43. The van der Waals surface area contributed by atoms with Gasteiger partial charge in [0.1, 0.15) is 0 Å². The first kappa shape index (κ1) is 26.1. The van der Waals surface area contributed by atoms with Gasteiger partial charge in [-0.05, 0) is 42.3 Å². The van der Waals surface area contributed by atoms with Crippen LogP contribution in [0.3, 0.4) is 0 Å². The van der Waals surface area contributed by atoms with E-state index in [1.807, 2.05) is 0 Å². The van der Waals surface area contributed by atoms with Crippen LogP contribution in [0.1, 0.15) is 26.5 Å². The van der Waals surface area contributed by atoms with E-state index in [1.165, 1.54) is 41.8 Å². The van der Waals surface area contributed by atoms with Crippen molar-refractivity contribution in [2.75, 3.05) is 6.61 Å². The van der Waals surface area contributed by atoms with Crippen LogP contribution < -0.4 is 0 Å². The van der Waals surface area contributed by atoms with Gasteiger partial charge in [0.2, 0.25) is 10.0 Å². The molecule has 0 amide bonds. The van der Waals surface area contributed by atoms with Gasteiger partial charge in [-0.2, -0.15) is 0 Å². The van der Waals surface area contributed by atoms with E-state index in [0.29, 0.717) is 17.0 Å². The molecule has 2 aromatic carbocycles. The molecular formula is C22H16N4O8S2. The second-order valence-corrected chi connectivity index (χ2v) is 8.75. The van der Waals surface area contributed by atoms with Crippen LogP contribution in [-0.4, -0.2) is 43.5 Å². The maximum atomic E-state index is 11.5. The van der Waals surface area contributed by atoms with Crippen LogP contribution in [-0.2, 0) is 4.74 Å². The van der Waals surface area contributed by atoms with Crippen LogP contribution in [0.2, 0.25) is 0 Å². The summed E-state index contributed by atoms with van der Waals surface area (Å²) in [7, 11) is 0. The SMILES string of the molecule is CCOC(=O)c1ncc(-c2ccc([N+](=O)[O-])cc2)s1.O=C(O)c1ncc(-c2ccc([N+](=O)[O-])cc2)s1. The highest BCUT2D eigenvalue weighted by Gasteiger charge is 2.14. The minimum absolute atomic E-state index is 0.00153.